The Labute approximate surface area is 102 Å². The van der Waals surface area contributed by atoms with Crippen molar-refractivity contribution in [2.24, 2.45) is 0 Å². The number of furan rings is 1. The zero-order valence-electron chi connectivity index (χ0n) is 8.61. The fraction of sp³-hybridized carbons (Fsp3) is 0.167. The molecular formula is C12H12BrNO2. The van der Waals surface area contributed by atoms with Gasteiger partial charge in [0.2, 0.25) is 0 Å². The summed E-state index contributed by atoms with van der Waals surface area (Å²) < 4.78 is 5.92. The topological polar surface area (TPSA) is 45.4 Å². The Morgan fingerprint density at radius 3 is 2.81 bits per heavy atom. The minimum atomic E-state index is 0.259. The average Bonchev–Trinajstić information content (AvgIpc) is 2.76. The largest absolute Gasteiger partial charge is 0.507 e. The number of hydrogen-bond donors (Lipinski definition) is 2. The van der Waals surface area contributed by atoms with Crippen molar-refractivity contribution in [3.63, 3.8) is 0 Å². The van der Waals surface area contributed by atoms with Crippen molar-refractivity contribution in [1.29, 1.82) is 0 Å². The second kappa shape index (κ2) is 5.18. The molecule has 4 heteroatoms. The molecule has 1 aromatic heterocycles. The molecule has 1 aromatic carbocycles. The van der Waals surface area contributed by atoms with E-state index in [-0.39, 0.29) is 5.75 Å². The molecule has 0 aliphatic heterocycles. The summed E-state index contributed by atoms with van der Waals surface area (Å²) in [6.45, 7) is 1.44. The van der Waals surface area contributed by atoms with Crippen LogP contribution in [0.2, 0.25) is 0 Å². The number of aromatic hydroxyl groups is 1. The van der Waals surface area contributed by atoms with Crippen LogP contribution >= 0.6 is 15.9 Å². The van der Waals surface area contributed by atoms with Gasteiger partial charge in [-0.15, -0.1) is 0 Å². The molecule has 16 heavy (non-hydrogen) atoms. The van der Waals surface area contributed by atoms with Crippen LogP contribution in [0.4, 0.5) is 0 Å². The smallest absolute Gasteiger partial charge is 0.129 e. The van der Waals surface area contributed by atoms with Gasteiger partial charge >= 0.3 is 0 Å². The molecule has 1 heterocycles. The van der Waals surface area contributed by atoms with E-state index in [2.05, 4.69) is 21.2 Å². The van der Waals surface area contributed by atoms with Crippen LogP contribution in [0.1, 0.15) is 11.3 Å². The Morgan fingerprint density at radius 2 is 2.12 bits per heavy atom. The quantitative estimate of drug-likeness (QED) is 0.906. The van der Waals surface area contributed by atoms with Crippen molar-refractivity contribution in [3.05, 3.63) is 52.4 Å². The number of halogens is 1. The first-order valence-electron chi connectivity index (χ1n) is 4.96. The van der Waals surface area contributed by atoms with Gasteiger partial charge in [-0.25, -0.2) is 0 Å². The van der Waals surface area contributed by atoms with Gasteiger partial charge in [-0.2, -0.15) is 0 Å². The fourth-order valence-corrected chi connectivity index (χ4v) is 1.83. The van der Waals surface area contributed by atoms with Crippen LogP contribution in [0.15, 0.2) is 45.5 Å². The van der Waals surface area contributed by atoms with Crippen molar-refractivity contribution in [2.75, 3.05) is 0 Å². The van der Waals surface area contributed by atoms with Crippen molar-refractivity contribution in [3.8, 4) is 5.75 Å². The maximum atomic E-state index is 9.34. The van der Waals surface area contributed by atoms with Crippen molar-refractivity contribution in [1.82, 2.24) is 5.32 Å². The summed E-state index contributed by atoms with van der Waals surface area (Å²) in [6.07, 6.45) is 1.66. The third-order valence-corrected chi connectivity index (χ3v) is 2.86. The van der Waals surface area contributed by atoms with E-state index in [9.17, 15) is 5.11 Å². The molecule has 0 saturated heterocycles. The monoisotopic (exact) mass is 281 g/mol. The first-order valence-corrected chi connectivity index (χ1v) is 5.75. The van der Waals surface area contributed by atoms with Crippen molar-refractivity contribution in [2.45, 2.75) is 13.1 Å². The van der Waals surface area contributed by atoms with Crippen LogP contribution in [0.5, 0.6) is 5.75 Å². The standard InChI is InChI=1S/C12H12BrNO2/c13-11-6-9(3-4-12(11)15)7-14-8-10-2-1-5-16-10/h1-6,14-15H,7-8H2. The van der Waals surface area contributed by atoms with Crippen LogP contribution in [0.3, 0.4) is 0 Å². The van der Waals surface area contributed by atoms with E-state index in [1.54, 1.807) is 12.3 Å². The summed E-state index contributed by atoms with van der Waals surface area (Å²) in [5.41, 5.74) is 1.11. The molecule has 0 bridgehead atoms. The lowest BCUT2D eigenvalue weighted by atomic mass is 10.2. The van der Waals surface area contributed by atoms with Crippen LogP contribution in [0.25, 0.3) is 0 Å². The van der Waals surface area contributed by atoms with E-state index in [1.807, 2.05) is 24.3 Å². The Kier molecular flexibility index (Phi) is 3.64. The third-order valence-electron chi connectivity index (χ3n) is 2.22. The molecular weight excluding hydrogens is 270 g/mol. The van der Waals surface area contributed by atoms with Gasteiger partial charge in [0.05, 0.1) is 17.3 Å². The molecule has 2 rings (SSSR count). The van der Waals surface area contributed by atoms with Crippen LogP contribution in [-0.4, -0.2) is 5.11 Å². The SMILES string of the molecule is Oc1ccc(CNCc2ccco2)cc1Br. The summed E-state index contributed by atoms with van der Waals surface area (Å²) in [6, 6.07) is 9.25. The summed E-state index contributed by atoms with van der Waals surface area (Å²) >= 11 is 3.28. The lowest BCUT2D eigenvalue weighted by Crippen LogP contribution is -2.11. The zero-order valence-corrected chi connectivity index (χ0v) is 10.2. The van der Waals surface area contributed by atoms with Crippen LogP contribution < -0.4 is 5.32 Å². The molecule has 3 nitrogen and oxygen atoms in total. The molecule has 2 N–H and O–H groups in total. The van der Waals surface area contributed by atoms with Gasteiger partial charge in [-0.3, -0.25) is 0 Å². The molecule has 0 unspecified atom stereocenters. The Morgan fingerprint density at radius 1 is 1.25 bits per heavy atom. The van der Waals surface area contributed by atoms with E-state index < -0.39 is 0 Å². The van der Waals surface area contributed by atoms with Crippen molar-refractivity contribution >= 4 is 15.9 Å². The van der Waals surface area contributed by atoms with E-state index in [0.717, 1.165) is 17.9 Å². The predicted octanol–water partition coefficient (Wildman–Crippen LogP) is 3.04. The zero-order chi connectivity index (χ0) is 11.4. The lowest BCUT2D eigenvalue weighted by Gasteiger charge is -2.04. The lowest BCUT2D eigenvalue weighted by molar-refractivity contribution is 0.470. The van der Waals surface area contributed by atoms with Crippen molar-refractivity contribution < 1.29 is 9.52 Å². The minimum absolute atomic E-state index is 0.259. The molecule has 0 spiro atoms. The number of rotatable bonds is 4. The maximum Gasteiger partial charge on any atom is 0.129 e. The van der Waals surface area contributed by atoms with Crippen LogP contribution in [0, 0.1) is 0 Å². The van der Waals surface area contributed by atoms with Crippen LogP contribution in [-0.2, 0) is 13.1 Å². The molecule has 0 saturated carbocycles. The summed E-state index contributed by atoms with van der Waals surface area (Å²) in [7, 11) is 0. The molecule has 0 aliphatic rings. The second-order valence-corrected chi connectivity index (χ2v) is 4.32. The highest BCUT2D eigenvalue weighted by atomic mass is 79.9. The first kappa shape index (κ1) is 11.2. The van der Waals surface area contributed by atoms with E-state index in [1.165, 1.54) is 0 Å². The van der Waals surface area contributed by atoms with Gasteiger partial charge in [0.1, 0.15) is 11.5 Å². The predicted molar refractivity (Wildman–Crippen MR) is 65.1 cm³/mol. The second-order valence-electron chi connectivity index (χ2n) is 3.47. The number of phenols is 1. The molecule has 0 atom stereocenters. The Bertz CT molecular complexity index is 454. The summed E-state index contributed by atoms with van der Waals surface area (Å²) in [4.78, 5) is 0. The Balaban J connectivity index is 1.87. The van der Waals surface area contributed by atoms with Gasteiger partial charge < -0.3 is 14.8 Å². The number of phenolic OH excluding ortho intramolecular Hbond substituents is 1. The van der Waals surface area contributed by atoms with Gasteiger partial charge in [0.15, 0.2) is 0 Å². The fourth-order valence-electron chi connectivity index (χ4n) is 1.40. The summed E-state index contributed by atoms with van der Waals surface area (Å²) in [5.74, 6) is 1.17. The minimum Gasteiger partial charge on any atom is -0.507 e. The van der Waals surface area contributed by atoms with E-state index in [4.69, 9.17) is 4.42 Å². The number of benzene rings is 1. The van der Waals surface area contributed by atoms with E-state index >= 15 is 0 Å². The normalized spacial score (nSPS) is 10.6. The third kappa shape index (κ3) is 2.87. The number of hydrogen-bond acceptors (Lipinski definition) is 3. The molecule has 84 valence electrons. The maximum absolute atomic E-state index is 9.34. The molecule has 0 radical (unpaired) electrons. The highest BCUT2D eigenvalue weighted by Crippen LogP contribution is 2.24. The van der Waals surface area contributed by atoms with E-state index in [0.29, 0.717) is 11.0 Å². The summed E-state index contributed by atoms with van der Waals surface area (Å²) in [5, 5.41) is 12.6. The molecule has 0 amide bonds. The van der Waals surface area contributed by atoms with Gasteiger partial charge in [0, 0.05) is 6.54 Å². The highest BCUT2D eigenvalue weighted by molar-refractivity contribution is 9.10. The molecule has 2 aromatic rings. The van der Waals surface area contributed by atoms with Gasteiger partial charge in [-0.05, 0) is 45.8 Å². The first-order chi connectivity index (χ1) is 7.75. The van der Waals surface area contributed by atoms with Gasteiger partial charge in [0.25, 0.3) is 0 Å². The Hall–Kier alpha value is -1.26. The average molecular weight is 282 g/mol. The number of nitrogens with one attached hydrogen (secondary N) is 1. The highest BCUT2D eigenvalue weighted by Gasteiger charge is 2.00. The van der Waals surface area contributed by atoms with Gasteiger partial charge in [-0.1, -0.05) is 6.07 Å². The molecule has 0 fully saturated rings. The molecule has 0 aliphatic carbocycles.